The van der Waals surface area contributed by atoms with Crippen LogP contribution in [0.1, 0.15) is 45.1 Å². The molecule has 4 N–H and O–H groups in total. The fraction of sp³-hybridized carbons (Fsp3) is 0.550. The highest BCUT2D eigenvalue weighted by atomic mass is 16.6. The summed E-state index contributed by atoms with van der Waals surface area (Å²) in [5.41, 5.74) is 7.75. The lowest BCUT2D eigenvalue weighted by Gasteiger charge is -2.31. The Hall–Kier alpha value is -2.77. The normalized spacial score (nSPS) is 15.2. The molecule has 0 saturated carbocycles. The van der Waals surface area contributed by atoms with Crippen molar-refractivity contribution < 1.29 is 14.3 Å². The van der Waals surface area contributed by atoms with Gasteiger partial charge >= 0.3 is 6.09 Å². The van der Waals surface area contributed by atoms with Crippen molar-refractivity contribution in [1.29, 1.82) is 0 Å². The van der Waals surface area contributed by atoms with Gasteiger partial charge in [-0.25, -0.2) is 9.79 Å². The second-order valence-corrected chi connectivity index (χ2v) is 6.80. The Morgan fingerprint density at radius 3 is 2.71 bits per heavy atom. The molecule has 2 amide bonds. The minimum Gasteiger partial charge on any atom is -0.450 e. The van der Waals surface area contributed by atoms with Gasteiger partial charge in [-0.05, 0) is 43.9 Å². The van der Waals surface area contributed by atoms with Gasteiger partial charge in [-0.1, -0.05) is 19.1 Å². The quantitative estimate of drug-likeness (QED) is 0.490. The molecule has 154 valence electrons. The number of piperidine rings is 1. The fourth-order valence-corrected chi connectivity index (χ4v) is 3.05. The Morgan fingerprint density at radius 1 is 1.29 bits per heavy atom. The van der Waals surface area contributed by atoms with Gasteiger partial charge in [0.25, 0.3) is 0 Å². The lowest BCUT2D eigenvalue weighted by Crippen LogP contribution is -2.48. The first-order valence-electron chi connectivity index (χ1n) is 9.88. The van der Waals surface area contributed by atoms with Crippen LogP contribution in [0.25, 0.3) is 0 Å². The van der Waals surface area contributed by atoms with Crippen LogP contribution in [0.4, 0.5) is 10.5 Å². The lowest BCUT2D eigenvalue weighted by atomic mass is 10.1. The maximum absolute atomic E-state index is 11.7. The molecular formula is C20H31N5O3. The zero-order valence-electron chi connectivity index (χ0n) is 16.7. The molecule has 1 saturated heterocycles. The maximum atomic E-state index is 11.7. The molecule has 1 aliphatic heterocycles. The summed E-state index contributed by atoms with van der Waals surface area (Å²) in [6, 6.07) is 7.79. The summed E-state index contributed by atoms with van der Waals surface area (Å²) >= 11 is 0. The molecule has 0 atom stereocenters. The summed E-state index contributed by atoms with van der Waals surface area (Å²) in [5, 5.41) is 6.11. The molecule has 28 heavy (non-hydrogen) atoms. The van der Waals surface area contributed by atoms with Crippen LogP contribution in [-0.2, 0) is 16.1 Å². The third kappa shape index (κ3) is 7.09. The number of rotatable bonds is 7. The molecule has 0 spiro atoms. The zero-order valence-corrected chi connectivity index (χ0v) is 16.7. The van der Waals surface area contributed by atoms with E-state index < -0.39 is 0 Å². The topological polar surface area (TPSA) is 109 Å². The Balaban J connectivity index is 1.80. The summed E-state index contributed by atoms with van der Waals surface area (Å²) in [4.78, 5) is 29.5. The van der Waals surface area contributed by atoms with Crippen molar-refractivity contribution in [2.24, 2.45) is 10.7 Å². The van der Waals surface area contributed by atoms with Crippen LogP contribution in [0.15, 0.2) is 29.3 Å². The molecule has 1 heterocycles. The van der Waals surface area contributed by atoms with Crippen LogP contribution in [0.3, 0.4) is 0 Å². The summed E-state index contributed by atoms with van der Waals surface area (Å²) < 4.78 is 5.02. The number of nitrogens with two attached hydrogens (primary N) is 1. The summed E-state index contributed by atoms with van der Waals surface area (Å²) in [6.07, 6.45) is 2.67. The number of carbonyl (C=O) groups is 2. The van der Waals surface area contributed by atoms with Gasteiger partial charge < -0.3 is 26.0 Å². The van der Waals surface area contributed by atoms with Gasteiger partial charge in [-0.15, -0.1) is 0 Å². The van der Waals surface area contributed by atoms with Crippen molar-refractivity contribution in [1.82, 2.24) is 10.2 Å². The van der Waals surface area contributed by atoms with Gasteiger partial charge in [0.05, 0.1) is 13.2 Å². The van der Waals surface area contributed by atoms with Gasteiger partial charge in [-0.2, -0.15) is 0 Å². The van der Waals surface area contributed by atoms with E-state index in [2.05, 4.69) is 15.6 Å². The molecule has 2 rings (SSSR count). The molecule has 0 aromatic heterocycles. The standard InChI is InChI=1S/C20H31N5O3/c1-3-6-18(26)23-17-8-5-7-15(13-17)14-22-19(21)24-16-9-11-25(12-10-16)20(27)28-4-2/h5,7-8,13,16H,3-4,6,9-12,14H2,1-2H3,(H,23,26)(H3,21,22,24). The van der Waals surface area contributed by atoms with Crippen LogP contribution < -0.4 is 16.4 Å². The monoisotopic (exact) mass is 389 g/mol. The zero-order chi connectivity index (χ0) is 20.4. The highest BCUT2D eigenvalue weighted by Gasteiger charge is 2.23. The second kappa shape index (κ2) is 11.2. The molecule has 1 aliphatic rings. The number of aliphatic imine (C=N–C) groups is 1. The molecule has 8 nitrogen and oxygen atoms in total. The van der Waals surface area contributed by atoms with E-state index in [0.29, 0.717) is 38.6 Å². The molecule has 1 aromatic carbocycles. The SMILES string of the molecule is CCCC(=O)Nc1cccc(CN=C(N)NC2CCN(C(=O)OCC)CC2)c1. The van der Waals surface area contributed by atoms with E-state index >= 15 is 0 Å². The van der Waals surface area contributed by atoms with Gasteiger partial charge in [-0.3, -0.25) is 4.79 Å². The molecule has 1 fully saturated rings. The molecule has 0 bridgehead atoms. The van der Waals surface area contributed by atoms with Crippen LogP contribution >= 0.6 is 0 Å². The van der Waals surface area contributed by atoms with Gasteiger partial charge in [0.15, 0.2) is 5.96 Å². The van der Waals surface area contributed by atoms with Crippen molar-refractivity contribution >= 4 is 23.6 Å². The highest BCUT2D eigenvalue weighted by Crippen LogP contribution is 2.13. The number of nitrogens with zero attached hydrogens (tertiary/aromatic N) is 2. The van der Waals surface area contributed by atoms with E-state index in [-0.39, 0.29) is 18.0 Å². The van der Waals surface area contributed by atoms with Crippen LogP contribution in [0.2, 0.25) is 0 Å². The van der Waals surface area contributed by atoms with Gasteiger partial charge in [0, 0.05) is 31.2 Å². The van der Waals surface area contributed by atoms with Crippen LogP contribution in [0.5, 0.6) is 0 Å². The maximum Gasteiger partial charge on any atom is 0.409 e. The van der Waals surface area contributed by atoms with Crippen LogP contribution in [0, 0.1) is 0 Å². The number of guanidine groups is 1. The van der Waals surface area contributed by atoms with Crippen molar-refractivity contribution in [3.63, 3.8) is 0 Å². The van der Waals surface area contributed by atoms with Crippen molar-refractivity contribution in [3.8, 4) is 0 Å². The Morgan fingerprint density at radius 2 is 2.04 bits per heavy atom. The predicted molar refractivity (Wildman–Crippen MR) is 110 cm³/mol. The Labute approximate surface area is 166 Å². The largest absolute Gasteiger partial charge is 0.450 e. The minimum absolute atomic E-state index is 0.0125. The molecule has 0 radical (unpaired) electrons. The van der Waals surface area contributed by atoms with Crippen LogP contribution in [-0.4, -0.2) is 48.6 Å². The number of anilines is 1. The second-order valence-electron chi connectivity index (χ2n) is 6.80. The van der Waals surface area contributed by atoms with Gasteiger partial charge in [0.1, 0.15) is 0 Å². The average Bonchev–Trinajstić information content (AvgIpc) is 2.67. The van der Waals surface area contributed by atoms with Crippen molar-refractivity contribution in [3.05, 3.63) is 29.8 Å². The van der Waals surface area contributed by atoms with E-state index in [9.17, 15) is 9.59 Å². The number of carbonyl (C=O) groups excluding carboxylic acids is 2. The van der Waals surface area contributed by atoms with E-state index in [1.807, 2.05) is 31.2 Å². The third-order valence-electron chi connectivity index (χ3n) is 4.49. The smallest absolute Gasteiger partial charge is 0.409 e. The third-order valence-corrected chi connectivity index (χ3v) is 4.49. The number of amides is 2. The number of hydrogen-bond acceptors (Lipinski definition) is 4. The number of likely N-dealkylation sites (tertiary alicyclic amines) is 1. The molecule has 0 unspecified atom stereocenters. The molecule has 0 aliphatic carbocycles. The predicted octanol–water partition coefficient (Wildman–Crippen LogP) is 2.45. The lowest BCUT2D eigenvalue weighted by molar-refractivity contribution is -0.116. The number of nitrogens with one attached hydrogen (secondary N) is 2. The van der Waals surface area contributed by atoms with E-state index in [1.54, 1.807) is 11.8 Å². The fourth-order valence-electron chi connectivity index (χ4n) is 3.05. The highest BCUT2D eigenvalue weighted by molar-refractivity contribution is 5.90. The first kappa shape index (κ1) is 21.5. The number of benzene rings is 1. The van der Waals surface area contributed by atoms with Crippen molar-refractivity contribution in [2.45, 2.75) is 52.1 Å². The van der Waals surface area contributed by atoms with E-state index in [1.165, 1.54) is 0 Å². The number of hydrogen-bond donors (Lipinski definition) is 3. The summed E-state index contributed by atoms with van der Waals surface area (Å²) in [6.45, 7) is 5.88. The Bertz CT molecular complexity index is 684. The molecule has 1 aromatic rings. The van der Waals surface area contributed by atoms with E-state index in [4.69, 9.17) is 10.5 Å². The first-order valence-corrected chi connectivity index (χ1v) is 9.88. The summed E-state index contributed by atoms with van der Waals surface area (Å²) in [5.74, 6) is 0.397. The Kier molecular flexibility index (Phi) is 8.58. The summed E-state index contributed by atoms with van der Waals surface area (Å²) in [7, 11) is 0. The first-order chi connectivity index (χ1) is 13.5. The minimum atomic E-state index is -0.256. The molecular weight excluding hydrogens is 358 g/mol. The average molecular weight is 390 g/mol. The van der Waals surface area contributed by atoms with Crippen molar-refractivity contribution in [2.75, 3.05) is 25.0 Å². The molecule has 8 heteroatoms. The number of ether oxygens (including phenoxy) is 1. The van der Waals surface area contributed by atoms with Gasteiger partial charge in [0.2, 0.25) is 5.91 Å². The van der Waals surface area contributed by atoms with E-state index in [0.717, 1.165) is 30.5 Å².